The van der Waals surface area contributed by atoms with E-state index in [0.29, 0.717) is 36.1 Å². The van der Waals surface area contributed by atoms with Crippen LogP contribution >= 0.6 is 0 Å². The van der Waals surface area contributed by atoms with Gasteiger partial charge in [-0.2, -0.15) is 0 Å². The summed E-state index contributed by atoms with van der Waals surface area (Å²) in [4.78, 5) is 31.6. The van der Waals surface area contributed by atoms with Gasteiger partial charge in [-0.05, 0) is 53.9 Å². The highest BCUT2D eigenvalue weighted by Gasteiger charge is 2.17. The van der Waals surface area contributed by atoms with Gasteiger partial charge in [-0.25, -0.2) is 14.6 Å². The summed E-state index contributed by atoms with van der Waals surface area (Å²) in [5, 5.41) is 24.0. The van der Waals surface area contributed by atoms with Crippen molar-refractivity contribution in [1.82, 2.24) is 20.6 Å². The fourth-order valence-electron chi connectivity index (χ4n) is 2.95. The quantitative estimate of drug-likeness (QED) is 0.181. The van der Waals surface area contributed by atoms with Crippen LogP contribution in [0.4, 0.5) is 0 Å². The highest BCUT2D eigenvalue weighted by atomic mass is 16.5. The number of hydrogen-bond acceptors (Lipinski definition) is 12. The molecule has 0 unspecified atom stereocenters. The molecule has 12 nitrogen and oxygen atoms in total. The number of rotatable bonds is 16. The van der Waals surface area contributed by atoms with E-state index in [1.165, 1.54) is 12.1 Å². The third-order valence-electron chi connectivity index (χ3n) is 4.68. The fourth-order valence-corrected chi connectivity index (χ4v) is 2.95. The van der Waals surface area contributed by atoms with Crippen LogP contribution in [0.2, 0.25) is 0 Å². The molecule has 0 spiro atoms. The van der Waals surface area contributed by atoms with Gasteiger partial charge in [-0.3, -0.25) is 4.98 Å². The van der Waals surface area contributed by atoms with Gasteiger partial charge in [0.25, 0.3) is 0 Å². The molecule has 0 saturated carbocycles. The van der Waals surface area contributed by atoms with Crippen LogP contribution in [0.5, 0.6) is 11.5 Å². The molecular formula is C26H40N4O8. The van der Waals surface area contributed by atoms with Crippen molar-refractivity contribution in [1.29, 1.82) is 0 Å². The summed E-state index contributed by atoms with van der Waals surface area (Å²) in [7, 11) is 3.74. The third kappa shape index (κ3) is 12.8. The van der Waals surface area contributed by atoms with Gasteiger partial charge in [0, 0.05) is 24.3 Å². The van der Waals surface area contributed by atoms with E-state index in [0.717, 1.165) is 25.9 Å². The topological polar surface area (TPSA) is 161 Å². The normalized spacial score (nSPS) is 10.3. The molecule has 2 aromatic heterocycles. The number of aliphatic hydroxyl groups is 2. The lowest BCUT2D eigenvalue weighted by Gasteiger charge is -2.10. The number of pyridine rings is 2. The van der Waals surface area contributed by atoms with Crippen LogP contribution in [0.1, 0.15) is 59.1 Å². The van der Waals surface area contributed by atoms with E-state index in [2.05, 4.69) is 20.6 Å². The summed E-state index contributed by atoms with van der Waals surface area (Å²) in [5.41, 5.74) is 1.07. The molecule has 12 heteroatoms. The molecule has 0 aromatic carbocycles. The van der Waals surface area contributed by atoms with Crippen LogP contribution in [-0.2, 0) is 22.7 Å². The zero-order valence-corrected chi connectivity index (χ0v) is 22.6. The van der Waals surface area contributed by atoms with Crippen LogP contribution < -0.4 is 20.1 Å². The Morgan fingerprint density at radius 2 is 1.16 bits per heavy atom. The van der Waals surface area contributed by atoms with Gasteiger partial charge in [0.05, 0.1) is 51.0 Å². The number of nitrogens with one attached hydrogen (secondary N) is 2. The monoisotopic (exact) mass is 536 g/mol. The smallest absolute Gasteiger partial charge is 0.357 e. The van der Waals surface area contributed by atoms with Crippen molar-refractivity contribution in [3.8, 4) is 11.5 Å². The van der Waals surface area contributed by atoms with E-state index < -0.39 is 11.9 Å². The van der Waals surface area contributed by atoms with E-state index >= 15 is 0 Å². The Morgan fingerprint density at radius 1 is 0.737 bits per heavy atom. The maximum atomic E-state index is 11.8. The standard InChI is InChI=1S/C15H22N2O5.C11H18N2O3/c1-4-20-14(18)12-9-11(22-8-6-7-16-3)10-13(17-12)15(19)21-5-2;1-12-3-2-4-16-11-5-9(7-14)13-10(6-11)8-15/h9-10,16H,4-8H2,1-3H3;5-6,12,14-15H,2-4,7-8H2,1H3. The first-order valence-corrected chi connectivity index (χ1v) is 12.5. The van der Waals surface area contributed by atoms with E-state index in [1.807, 2.05) is 14.1 Å². The number of carbonyl (C=O) groups excluding carboxylic acids is 2. The molecule has 0 radical (unpaired) electrons. The van der Waals surface area contributed by atoms with Crippen molar-refractivity contribution < 1.29 is 38.7 Å². The lowest BCUT2D eigenvalue weighted by Crippen LogP contribution is -2.15. The predicted molar refractivity (Wildman–Crippen MR) is 140 cm³/mol. The zero-order chi connectivity index (χ0) is 28.2. The highest BCUT2D eigenvalue weighted by Crippen LogP contribution is 2.17. The summed E-state index contributed by atoms with van der Waals surface area (Å²) in [6, 6.07) is 6.28. The Bertz CT molecular complexity index is 916. The first-order valence-electron chi connectivity index (χ1n) is 12.5. The Morgan fingerprint density at radius 3 is 1.53 bits per heavy atom. The summed E-state index contributed by atoms with van der Waals surface area (Å²) in [6.07, 6.45) is 1.70. The molecule has 2 aromatic rings. The minimum absolute atomic E-state index is 0.0241. The van der Waals surface area contributed by atoms with E-state index in [9.17, 15) is 9.59 Å². The number of aromatic nitrogens is 2. The van der Waals surface area contributed by atoms with E-state index in [1.54, 1.807) is 26.0 Å². The summed E-state index contributed by atoms with van der Waals surface area (Å²) < 4.78 is 20.8. The summed E-state index contributed by atoms with van der Waals surface area (Å²) in [5.74, 6) is -0.182. The fraction of sp³-hybridized carbons (Fsp3) is 0.538. The number of ether oxygens (including phenoxy) is 4. The van der Waals surface area contributed by atoms with Crippen molar-refractivity contribution in [2.45, 2.75) is 39.9 Å². The number of aliphatic hydroxyl groups excluding tert-OH is 2. The molecule has 0 aliphatic heterocycles. The molecule has 0 aliphatic rings. The Kier molecular flexibility index (Phi) is 17.0. The molecule has 0 amide bonds. The van der Waals surface area contributed by atoms with Gasteiger partial charge in [-0.1, -0.05) is 0 Å². The molecule has 0 aliphatic carbocycles. The molecule has 0 fully saturated rings. The molecule has 212 valence electrons. The minimum atomic E-state index is -0.603. The molecule has 2 rings (SSSR count). The Balaban J connectivity index is 0.000000399. The molecule has 2 heterocycles. The van der Waals surface area contributed by atoms with Crippen molar-refractivity contribution in [2.75, 3.05) is 53.6 Å². The lowest BCUT2D eigenvalue weighted by atomic mass is 10.2. The second-order valence-electron chi connectivity index (χ2n) is 7.73. The second-order valence-corrected chi connectivity index (χ2v) is 7.73. The molecular weight excluding hydrogens is 496 g/mol. The predicted octanol–water partition coefficient (Wildman–Crippen LogP) is 1.48. The number of carbonyl (C=O) groups is 2. The molecule has 4 N–H and O–H groups in total. The number of nitrogens with zero attached hydrogens (tertiary/aromatic N) is 2. The van der Waals surface area contributed by atoms with Gasteiger partial charge in [0.2, 0.25) is 0 Å². The molecule has 38 heavy (non-hydrogen) atoms. The SMILES string of the molecule is CCOC(=O)c1cc(OCCCNC)cc(C(=O)OCC)n1.CNCCCOc1cc(CO)nc(CO)c1. The minimum Gasteiger partial charge on any atom is -0.493 e. The average Bonchev–Trinajstić information content (AvgIpc) is 2.93. The second kappa shape index (κ2) is 19.7. The Hall–Kier alpha value is -3.32. The summed E-state index contributed by atoms with van der Waals surface area (Å²) in [6.45, 7) is 6.29. The van der Waals surface area contributed by atoms with Crippen molar-refractivity contribution in [2.24, 2.45) is 0 Å². The Labute approximate surface area is 223 Å². The van der Waals surface area contributed by atoms with Crippen molar-refractivity contribution in [3.63, 3.8) is 0 Å². The van der Waals surface area contributed by atoms with Gasteiger partial charge in [-0.15, -0.1) is 0 Å². The number of esters is 2. The van der Waals surface area contributed by atoms with Crippen molar-refractivity contribution >= 4 is 11.9 Å². The first kappa shape index (κ1) is 32.7. The maximum Gasteiger partial charge on any atom is 0.357 e. The molecule has 0 bridgehead atoms. The maximum absolute atomic E-state index is 11.8. The van der Waals surface area contributed by atoms with Gasteiger partial charge in [0.1, 0.15) is 11.5 Å². The average molecular weight is 537 g/mol. The van der Waals surface area contributed by atoms with Gasteiger partial charge < -0.3 is 39.8 Å². The van der Waals surface area contributed by atoms with E-state index in [4.69, 9.17) is 29.2 Å². The number of hydrogen-bond donors (Lipinski definition) is 4. The van der Waals surface area contributed by atoms with Gasteiger partial charge >= 0.3 is 11.9 Å². The van der Waals surface area contributed by atoms with Crippen LogP contribution in [0.3, 0.4) is 0 Å². The van der Waals surface area contributed by atoms with Gasteiger partial charge in [0.15, 0.2) is 11.4 Å². The largest absolute Gasteiger partial charge is 0.493 e. The first-order chi connectivity index (χ1) is 18.4. The van der Waals surface area contributed by atoms with Crippen LogP contribution in [0.25, 0.3) is 0 Å². The molecule has 0 saturated heterocycles. The lowest BCUT2D eigenvalue weighted by molar-refractivity contribution is 0.0510. The van der Waals surface area contributed by atoms with Crippen molar-refractivity contribution in [3.05, 3.63) is 47.0 Å². The third-order valence-corrected chi connectivity index (χ3v) is 4.68. The zero-order valence-electron chi connectivity index (χ0n) is 22.6. The molecule has 0 atom stereocenters. The van der Waals surface area contributed by atoms with E-state index in [-0.39, 0.29) is 37.8 Å². The van der Waals surface area contributed by atoms with Crippen LogP contribution in [-0.4, -0.2) is 85.7 Å². The highest BCUT2D eigenvalue weighted by molar-refractivity contribution is 5.92. The summed E-state index contributed by atoms with van der Waals surface area (Å²) >= 11 is 0. The van der Waals surface area contributed by atoms with Crippen LogP contribution in [0.15, 0.2) is 24.3 Å². The van der Waals surface area contributed by atoms with Crippen LogP contribution in [0, 0.1) is 0 Å².